The van der Waals surface area contributed by atoms with E-state index in [-0.39, 0.29) is 10.9 Å². The van der Waals surface area contributed by atoms with Crippen LogP contribution in [0.25, 0.3) is 10.2 Å². The number of fused-ring (bicyclic) bond motifs is 1. The zero-order valence-electron chi connectivity index (χ0n) is 14.3. The van der Waals surface area contributed by atoms with E-state index < -0.39 is 4.92 Å². The minimum atomic E-state index is -0.498. The number of nitrogens with one attached hydrogen (secondary N) is 1. The highest BCUT2D eigenvalue weighted by Crippen LogP contribution is 2.32. The number of carbonyl (C=O) groups excluding carboxylic acids is 1. The van der Waals surface area contributed by atoms with Crippen molar-refractivity contribution in [3.63, 3.8) is 0 Å². The average molecular weight is 448 g/mol. The smallest absolute Gasteiger partial charge is 0.321 e. The van der Waals surface area contributed by atoms with Crippen LogP contribution in [-0.2, 0) is 6.42 Å². The van der Waals surface area contributed by atoms with Gasteiger partial charge in [0.2, 0.25) is 0 Å². The molecule has 0 aliphatic carbocycles. The average Bonchev–Trinajstić information content (AvgIpc) is 3.41. The summed E-state index contributed by atoms with van der Waals surface area (Å²) >= 11 is 5.89. The van der Waals surface area contributed by atoms with Crippen LogP contribution in [-0.4, -0.2) is 21.6 Å². The molecule has 0 fully saturated rings. The Morgan fingerprint density at radius 3 is 2.86 bits per heavy atom. The second-order valence-corrected chi connectivity index (χ2v) is 9.96. The molecule has 4 aromatic rings. The number of amides is 1. The van der Waals surface area contributed by atoms with E-state index >= 15 is 0 Å². The van der Waals surface area contributed by atoms with Crippen LogP contribution in [0.4, 0.5) is 10.7 Å². The van der Waals surface area contributed by atoms with Crippen molar-refractivity contribution >= 4 is 72.6 Å². The minimum Gasteiger partial charge on any atom is -0.321 e. The van der Waals surface area contributed by atoms with E-state index in [4.69, 9.17) is 0 Å². The molecule has 0 bridgehead atoms. The molecule has 28 heavy (non-hydrogen) atoms. The summed E-state index contributed by atoms with van der Waals surface area (Å²) in [6, 6.07) is 10.5. The molecule has 3 heterocycles. The van der Waals surface area contributed by atoms with Gasteiger partial charge in [-0.2, -0.15) is 11.3 Å². The van der Waals surface area contributed by atoms with Gasteiger partial charge < -0.3 is 5.32 Å². The van der Waals surface area contributed by atoms with Crippen LogP contribution >= 0.6 is 45.8 Å². The molecule has 4 rings (SSSR count). The highest BCUT2D eigenvalue weighted by atomic mass is 32.2. The fourth-order valence-electron chi connectivity index (χ4n) is 2.47. The summed E-state index contributed by atoms with van der Waals surface area (Å²) in [6.45, 7) is 0. The second kappa shape index (κ2) is 8.39. The molecule has 0 atom stereocenters. The van der Waals surface area contributed by atoms with E-state index in [0.29, 0.717) is 10.6 Å². The monoisotopic (exact) mass is 447 g/mol. The normalized spacial score (nSPS) is 11.0. The molecule has 0 aliphatic heterocycles. The first-order valence-electron chi connectivity index (χ1n) is 8.18. The summed E-state index contributed by atoms with van der Waals surface area (Å²) in [6.07, 6.45) is 1.01. The Kier molecular flexibility index (Phi) is 5.72. The third-order valence-electron chi connectivity index (χ3n) is 3.82. The quantitative estimate of drug-likeness (QED) is 0.216. The van der Waals surface area contributed by atoms with E-state index in [0.717, 1.165) is 38.1 Å². The molecular formula is C18H13N3O3S4. The van der Waals surface area contributed by atoms with E-state index in [1.165, 1.54) is 17.7 Å². The van der Waals surface area contributed by atoms with Crippen LogP contribution in [0, 0.1) is 10.1 Å². The van der Waals surface area contributed by atoms with Crippen molar-refractivity contribution in [2.75, 3.05) is 11.1 Å². The molecule has 1 N–H and O–H groups in total. The van der Waals surface area contributed by atoms with Gasteiger partial charge >= 0.3 is 5.00 Å². The molecule has 3 aromatic heterocycles. The number of hydrogen-bond donors (Lipinski definition) is 1. The molecule has 0 saturated carbocycles. The topological polar surface area (TPSA) is 85.1 Å². The van der Waals surface area contributed by atoms with Crippen LogP contribution in [0.3, 0.4) is 0 Å². The number of anilines is 1. The van der Waals surface area contributed by atoms with Crippen LogP contribution in [0.15, 0.2) is 51.5 Å². The molecular weight excluding hydrogens is 434 g/mol. The van der Waals surface area contributed by atoms with Gasteiger partial charge in [0.15, 0.2) is 4.34 Å². The van der Waals surface area contributed by atoms with Gasteiger partial charge in [-0.1, -0.05) is 23.1 Å². The predicted octanol–water partition coefficient (Wildman–Crippen LogP) is 5.91. The molecule has 6 nitrogen and oxygen atoms in total. The van der Waals surface area contributed by atoms with Gasteiger partial charge in [0.25, 0.3) is 5.91 Å². The van der Waals surface area contributed by atoms with Gasteiger partial charge in [0, 0.05) is 17.5 Å². The lowest BCUT2D eigenvalue weighted by Gasteiger charge is -2.02. The maximum atomic E-state index is 12.3. The maximum Gasteiger partial charge on any atom is 0.324 e. The molecule has 1 aromatic carbocycles. The van der Waals surface area contributed by atoms with Crippen LogP contribution < -0.4 is 5.32 Å². The maximum absolute atomic E-state index is 12.3. The standard InChI is InChI=1S/C18H13N3O3S4/c22-17(14-3-4-16(27-14)21(23)24)19-12-1-2-13-15(9-12)28-18(20-13)26-8-6-11-5-7-25-10-11/h1-5,7,9-10H,6,8H2,(H,19,22). The number of benzene rings is 1. The summed E-state index contributed by atoms with van der Waals surface area (Å²) in [4.78, 5) is 27.5. The Hall–Kier alpha value is -2.27. The van der Waals surface area contributed by atoms with Crippen LogP contribution in [0.2, 0.25) is 0 Å². The third-order valence-corrected chi connectivity index (χ3v) is 7.75. The summed E-state index contributed by atoms with van der Waals surface area (Å²) in [7, 11) is 0. The van der Waals surface area contributed by atoms with Gasteiger partial charge in [0.1, 0.15) is 0 Å². The molecule has 1 amide bonds. The van der Waals surface area contributed by atoms with Crippen LogP contribution in [0.1, 0.15) is 15.2 Å². The molecule has 0 radical (unpaired) electrons. The Labute approximate surface area is 176 Å². The first kappa shape index (κ1) is 19.1. The van der Waals surface area contributed by atoms with Gasteiger partial charge in [-0.3, -0.25) is 14.9 Å². The van der Waals surface area contributed by atoms with E-state index in [2.05, 4.69) is 27.1 Å². The van der Waals surface area contributed by atoms with Crippen molar-refractivity contribution in [2.24, 2.45) is 0 Å². The Bertz CT molecular complexity index is 1130. The van der Waals surface area contributed by atoms with Crippen molar-refractivity contribution in [1.29, 1.82) is 0 Å². The fourth-order valence-corrected chi connectivity index (χ4v) is 6.06. The summed E-state index contributed by atoms with van der Waals surface area (Å²) < 4.78 is 2.00. The summed E-state index contributed by atoms with van der Waals surface area (Å²) in [5.74, 6) is 0.615. The molecule has 10 heteroatoms. The number of thiophene rings is 2. The van der Waals surface area contributed by atoms with E-state index in [1.54, 1.807) is 40.5 Å². The van der Waals surface area contributed by atoms with Gasteiger partial charge in [-0.15, -0.1) is 11.3 Å². The van der Waals surface area contributed by atoms with Crippen molar-refractivity contribution in [2.45, 2.75) is 10.8 Å². The van der Waals surface area contributed by atoms with E-state index in [9.17, 15) is 14.9 Å². The highest BCUT2D eigenvalue weighted by molar-refractivity contribution is 8.01. The number of carbonyl (C=O) groups is 1. The zero-order valence-corrected chi connectivity index (χ0v) is 17.6. The van der Waals surface area contributed by atoms with E-state index in [1.807, 2.05) is 12.1 Å². The second-order valence-electron chi connectivity index (χ2n) is 5.74. The Morgan fingerprint density at radius 2 is 2.11 bits per heavy atom. The van der Waals surface area contributed by atoms with Gasteiger partial charge in [0.05, 0.1) is 20.0 Å². The van der Waals surface area contributed by atoms with Crippen LogP contribution in [0.5, 0.6) is 0 Å². The van der Waals surface area contributed by atoms with Crippen molar-refractivity contribution in [1.82, 2.24) is 4.98 Å². The number of rotatable bonds is 7. The lowest BCUT2D eigenvalue weighted by molar-refractivity contribution is -0.380. The number of thiazole rings is 1. The van der Waals surface area contributed by atoms with Gasteiger partial charge in [-0.05, 0) is 53.1 Å². The van der Waals surface area contributed by atoms with Gasteiger partial charge in [-0.25, -0.2) is 4.98 Å². The number of nitrogens with zero attached hydrogens (tertiary/aromatic N) is 2. The number of nitro groups is 1. The number of aryl methyl sites for hydroxylation is 1. The highest BCUT2D eigenvalue weighted by Gasteiger charge is 2.16. The van der Waals surface area contributed by atoms with Crippen molar-refractivity contribution < 1.29 is 9.72 Å². The largest absolute Gasteiger partial charge is 0.324 e. The SMILES string of the molecule is O=C(Nc1ccc2nc(SCCc3ccsc3)sc2c1)c1ccc([N+](=O)[O-])s1. The zero-order chi connectivity index (χ0) is 19.5. The summed E-state index contributed by atoms with van der Waals surface area (Å²) in [5.41, 5.74) is 2.89. The first-order chi connectivity index (χ1) is 13.6. The third kappa shape index (κ3) is 4.41. The molecule has 142 valence electrons. The predicted molar refractivity (Wildman–Crippen MR) is 117 cm³/mol. The lowest BCUT2D eigenvalue weighted by atomic mass is 10.3. The Morgan fingerprint density at radius 1 is 1.21 bits per heavy atom. The Balaban J connectivity index is 1.42. The minimum absolute atomic E-state index is 0.0489. The lowest BCUT2D eigenvalue weighted by Crippen LogP contribution is -2.09. The first-order valence-corrected chi connectivity index (χ1v) is 11.7. The molecule has 0 unspecified atom stereocenters. The van der Waals surface area contributed by atoms with Crippen molar-refractivity contribution in [3.05, 3.63) is 67.7 Å². The fraction of sp³-hybridized carbons (Fsp3) is 0.111. The van der Waals surface area contributed by atoms with Crippen molar-refractivity contribution in [3.8, 4) is 0 Å². The number of thioether (sulfide) groups is 1. The number of hydrogen-bond acceptors (Lipinski definition) is 8. The molecule has 0 saturated heterocycles. The number of aromatic nitrogens is 1. The summed E-state index contributed by atoms with van der Waals surface area (Å²) in [5, 5.41) is 17.8. The molecule has 0 spiro atoms. The molecule has 0 aliphatic rings.